The van der Waals surface area contributed by atoms with Crippen molar-refractivity contribution in [3.8, 4) is 5.75 Å². The van der Waals surface area contributed by atoms with Crippen molar-refractivity contribution < 1.29 is 4.74 Å². The van der Waals surface area contributed by atoms with Gasteiger partial charge in [-0.1, -0.05) is 33.6 Å². The van der Waals surface area contributed by atoms with Gasteiger partial charge in [0, 0.05) is 10.4 Å². The largest absolute Gasteiger partial charge is 0.497 e. The molecule has 72 valence electrons. The molecule has 1 rings (SSSR count). The molecule has 0 saturated carbocycles. The van der Waals surface area contributed by atoms with Crippen molar-refractivity contribution in [2.75, 3.05) is 12.4 Å². The molecule has 0 radical (unpaired) electrons. The SMILES string of the molecule is COc1ccc(CCCBr)c(Cl)c1. The molecule has 1 aromatic rings. The predicted molar refractivity (Wildman–Crippen MR) is 60.1 cm³/mol. The highest BCUT2D eigenvalue weighted by atomic mass is 79.9. The Morgan fingerprint density at radius 3 is 2.77 bits per heavy atom. The minimum absolute atomic E-state index is 0.792. The fourth-order valence-electron chi connectivity index (χ4n) is 1.12. The van der Waals surface area contributed by atoms with Gasteiger partial charge < -0.3 is 4.74 Å². The van der Waals surface area contributed by atoms with E-state index in [1.54, 1.807) is 7.11 Å². The highest BCUT2D eigenvalue weighted by Gasteiger charge is 2.01. The summed E-state index contributed by atoms with van der Waals surface area (Å²) in [6, 6.07) is 5.81. The van der Waals surface area contributed by atoms with Crippen LogP contribution in [0.2, 0.25) is 5.02 Å². The molecule has 13 heavy (non-hydrogen) atoms. The van der Waals surface area contributed by atoms with E-state index in [-0.39, 0.29) is 0 Å². The Kier molecular flexibility index (Phi) is 4.60. The van der Waals surface area contributed by atoms with Crippen LogP contribution in [0, 0.1) is 0 Å². The Labute approximate surface area is 92.2 Å². The lowest BCUT2D eigenvalue weighted by molar-refractivity contribution is 0.414. The summed E-state index contributed by atoms with van der Waals surface area (Å²) in [6.07, 6.45) is 2.11. The molecule has 0 atom stereocenters. The summed E-state index contributed by atoms with van der Waals surface area (Å²) in [5, 5.41) is 1.80. The van der Waals surface area contributed by atoms with Gasteiger partial charge in [-0.3, -0.25) is 0 Å². The summed E-state index contributed by atoms with van der Waals surface area (Å²) in [5.74, 6) is 0.813. The van der Waals surface area contributed by atoms with Crippen LogP contribution in [0.25, 0.3) is 0 Å². The third kappa shape index (κ3) is 3.20. The number of aryl methyl sites for hydroxylation is 1. The fourth-order valence-corrected chi connectivity index (χ4v) is 1.66. The molecular formula is C10H12BrClO. The Morgan fingerprint density at radius 1 is 1.46 bits per heavy atom. The molecule has 0 bridgehead atoms. The van der Waals surface area contributed by atoms with Crippen molar-refractivity contribution in [2.45, 2.75) is 12.8 Å². The minimum atomic E-state index is 0.792. The Balaban J connectivity index is 2.73. The lowest BCUT2D eigenvalue weighted by atomic mass is 10.1. The van der Waals surface area contributed by atoms with Gasteiger partial charge in [0.05, 0.1) is 7.11 Å². The van der Waals surface area contributed by atoms with Crippen LogP contribution in [0.15, 0.2) is 18.2 Å². The van der Waals surface area contributed by atoms with Crippen molar-refractivity contribution in [3.63, 3.8) is 0 Å². The topological polar surface area (TPSA) is 9.23 Å². The van der Waals surface area contributed by atoms with Crippen molar-refractivity contribution >= 4 is 27.5 Å². The molecule has 0 amide bonds. The second kappa shape index (κ2) is 5.51. The van der Waals surface area contributed by atoms with Crippen LogP contribution >= 0.6 is 27.5 Å². The quantitative estimate of drug-likeness (QED) is 0.753. The number of rotatable bonds is 4. The van der Waals surface area contributed by atoms with E-state index in [1.165, 1.54) is 5.56 Å². The van der Waals surface area contributed by atoms with Crippen LogP contribution in [0.3, 0.4) is 0 Å². The second-order valence-electron chi connectivity index (χ2n) is 2.75. The molecular weight excluding hydrogens is 251 g/mol. The molecule has 0 aromatic heterocycles. The van der Waals surface area contributed by atoms with Gasteiger partial charge in [0.15, 0.2) is 0 Å². The first kappa shape index (κ1) is 10.9. The molecule has 0 aliphatic heterocycles. The highest BCUT2D eigenvalue weighted by molar-refractivity contribution is 9.09. The zero-order chi connectivity index (χ0) is 9.68. The predicted octanol–water partition coefficient (Wildman–Crippen LogP) is 3.68. The smallest absolute Gasteiger partial charge is 0.120 e. The summed E-state index contributed by atoms with van der Waals surface area (Å²) < 4.78 is 5.06. The maximum atomic E-state index is 6.05. The molecule has 0 heterocycles. The lowest BCUT2D eigenvalue weighted by Crippen LogP contribution is -1.89. The van der Waals surface area contributed by atoms with E-state index in [9.17, 15) is 0 Å². The Hall–Kier alpha value is -0.210. The zero-order valence-corrected chi connectivity index (χ0v) is 9.86. The summed E-state index contributed by atoms with van der Waals surface area (Å²) >= 11 is 9.44. The van der Waals surface area contributed by atoms with Crippen LogP contribution in [0.4, 0.5) is 0 Å². The summed E-state index contributed by atoms with van der Waals surface area (Å²) in [7, 11) is 1.64. The zero-order valence-electron chi connectivity index (χ0n) is 7.52. The number of hydrogen-bond acceptors (Lipinski definition) is 1. The normalized spacial score (nSPS) is 10.1. The molecule has 0 fully saturated rings. The standard InChI is InChI=1S/C10H12BrClO/c1-13-9-5-4-8(3-2-6-11)10(12)7-9/h4-5,7H,2-3,6H2,1H3. The third-order valence-electron chi connectivity index (χ3n) is 1.84. The van der Waals surface area contributed by atoms with Gasteiger partial charge in [0.1, 0.15) is 5.75 Å². The molecule has 0 aliphatic carbocycles. The molecule has 0 unspecified atom stereocenters. The molecule has 0 N–H and O–H groups in total. The molecule has 0 aliphatic rings. The molecule has 0 spiro atoms. The van der Waals surface area contributed by atoms with Gasteiger partial charge in [-0.15, -0.1) is 0 Å². The van der Waals surface area contributed by atoms with Gasteiger partial charge in [-0.05, 0) is 30.5 Å². The Morgan fingerprint density at radius 2 is 2.23 bits per heavy atom. The number of benzene rings is 1. The summed E-state index contributed by atoms with van der Waals surface area (Å²) in [6.45, 7) is 0. The summed E-state index contributed by atoms with van der Waals surface area (Å²) in [4.78, 5) is 0. The van der Waals surface area contributed by atoms with Crippen molar-refractivity contribution in [2.24, 2.45) is 0 Å². The minimum Gasteiger partial charge on any atom is -0.497 e. The van der Waals surface area contributed by atoms with Crippen molar-refractivity contribution in [3.05, 3.63) is 28.8 Å². The maximum absolute atomic E-state index is 6.05. The fraction of sp³-hybridized carbons (Fsp3) is 0.400. The van der Waals surface area contributed by atoms with Crippen LogP contribution in [0.1, 0.15) is 12.0 Å². The Bertz CT molecular complexity index is 276. The van der Waals surface area contributed by atoms with Gasteiger partial charge >= 0.3 is 0 Å². The monoisotopic (exact) mass is 262 g/mol. The third-order valence-corrected chi connectivity index (χ3v) is 2.75. The van der Waals surface area contributed by atoms with E-state index in [2.05, 4.69) is 15.9 Å². The highest BCUT2D eigenvalue weighted by Crippen LogP contribution is 2.23. The van der Waals surface area contributed by atoms with E-state index in [0.29, 0.717) is 0 Å². The van der Waals surface area contributed by atoms with Crippen molar-refractivity contribution in [1.82, 2.24) is 0 Å². The first-order valence-corrected chi connectivity index (χ1v) is 5.66. The van der Waals surface area contributed by atoms with Gasteiger partial charge in [-0.2, -0.15) is 0 Å². The van der Waals surface area contributed by atoms with Crippen LogP contribution < -0.4 is 4.74 Å². The first-order valence-electron chi connectivity index (χ1n) is 4.16. The van der Waals surface area contributed by atoms with E-state index >= 15 is 0 Å². The number of alkyl halides is 1. The van der Waals surface area contributed by atoms with Crippen LogP contribution in [-0.4, -0.2) is 12.4 Å². The first-order chi connectivity index (χ1) is 6.27. The molecule has 3 heteroatoms. The molecule has 1 aromatic carbocycles. The van der Waals surface area contributed by atoms with Gasteiger partial charge in [0.25, 0.3) is 0 Å². The summed E-state index contributed by atoms with van der Waals surface area (Å²) in [5.41, 5.74) is 1.18. The second-order valence-corrected chi connectivity index (χ2v) is 3.95. The van der Waals surface area contributed by atoms with E-state index in [4.69, 9.17) is 16.3 Å². The average molecular weight is 264 g/mol. The van der Waals surface area contributed by atoms with Crippen molar-refractivity contribution in [1.29, 1.82) is 0 Å². The van der Waals surface area contributed by atoms with Crippen LogP contribution in [-0.2, 0) is 6.42 Å². The number of hydrogen-bond donors (Lipinski definition) is 0. The van der Waals surface area contributed by atoms with Gasteiger partial charge in [-0.25, -0.2) is 0 Å². The van der Waals surface area contributed by atoms with Gasteiger partial charge in [0.2, 0.25) is 0 Å². The van der Waals surface area contributed by atoms with E-state index in [0.717, 1.165) is 28.9 Å². The maximum Gasteiger partial charge on any atom is 0.120 e. The molecule has 1 nitrogen and oxygen atoms in total. The lowest BCUT2D eigenvalue weighted by Gasteiger charge is -2.05. The van der Waals surface area contributed by atoms with E-state index in [1.807, 2.05) is 18.2 Å². The molecule has 0 saturated heterocycles. The number of ether oxygens (including phenoxy) is 1. The number of methoxy groups -OCH3 is 1. The van der Waals surface area contributed by atoms with E-state index < -0.39 is 0 Å². The van der Waals surface area contributed by atoms with Crippen LogP contribution in [0.5, 0.6) is 5.75 Å². The average Bonchev–Trinajstić information content (AvgIpc) is 2.16. The number of halogens is 2.